The SMILES string of the molecule is Clc1ccccc1C1CN(Cc2ccccc2)CC2(CCNCC2)O1. The second-order valence-corrected chi connectivity index (χ2v) is 7.62. The van der Waals surface area contributed by atoms with Gasteiger partial charge >= 0.3 is 0 Å². The summed E-state index contributed by atoms with van der Waals surface area (Å²) >= 11 is 6.48. The first-order chi connectivity index (χ1) is 12.2. The number of hydrogen-bond donors (Lipinski definition) is 1. The molecule has 1 spiro atoms. The molecular weight excluding hydrogens is 332 g/mol. The van der Waals surface area contributed by atoms with E-state index in [1.165, 1.54) is 5.56 Å². The molecule has 0 radical (unpaired) electrons. The van der Waals surface area contributed by atoms with Crippen LogP contribution in [0.1, 0.15) is 30.1 Å². The molecule has 2 aliphatic rings. The highest BCUT2D eigenvalue weighted by Gasteiger charge is 2.42. The van der Waals surface area contributed by atoms with E-state index in [2.05, 4.69) is 52.7 Å². The van der Waals surface area contributed by atoms with Gasteiger partial charge in [0, 0.05) is 30.2 Å². The third-order valence-corrected chi connectivity index (χ3v) is 5.69. The summed E-state index contributed by atoms with van der Waals surface area (Å²) in [7, 11) is 0. The van der Waals surface area contributed by atoms with E-state index in [0.29, 0.717) is 0 Å². The van der Waals surface area contributed by atoms with Crippen LogP contribution in [0.5, 0.6) is 0 Å². The van der Waals surface area contributed by atoms with Crippen LogP contribution in [0.4, 0.5) is 0 Å². The predicted octanol–water partition coefficient (Wildman–Crippen LogP) is 4.04. The van der Waals surface area contributed by atoms with Gasteiger partial charge in [0.2, 0.25) is 0 Å². The summed E-state index contributed by atoms with van der Waals surface area (Å²) in [4.78, 5) is 2.54. The maximum Gasteiger partial charge on any atom is 0.0974 e. The fraction of sp³-hybridized carbons (Fsp3) is 0.429. The highest BCUT2D eigenvalue weighted by Crippen LogP contribution is 2.38. The topological polar surface area (TPSA) is 24.5 Å². The number of morpholine rings is 1. The van der Waals surface area contributed by atoms with Crippen molar-refractivity contribution < 1.29 is 4.74 Å². The molecule has 4 rings (SSSR count). The lowest BCUT2D eigenvalue weighted by molar-refractivity contribution is -0.171. The largest absolute Gasteiger partial charge is 0.364 e. The van der Waals surface area contributed by atoms with Crippen molar-refractivity contribution in [2.45, 2.75) is 31.1 Å². The fourth-order valence-corrected chi connectivity index (χ4v) is 4.36. The van der Waals surface area contributed by atoms with E-state index < -0.39 is 0 Å². The molecule has 1 N–H and O–H groups in total. The Labute approximate surface area is 154 Å². The summed E-state index contributed by atoms with van der Waals surface area (Å²) < 4.78 is 6.68. The molecule has 2 saturated heterocycles. The molecule has 2 aromatic carbocycles. The Bertz CT molecular complexity index is 700. The molecule has 0 aliphatic carbocycles. The van der Waals surface area contributed by atoms with Gasteiger partial charge in [-0.05, 0) is 37.6 Å². The van der Waals surface area contributed by atoms with Crippen LogP contribution in [-0.2, 0) is 11.3 Å². The summed E-state index contributed by atoms with van der Waals surface area (Å²) in [5.74, 6) is 0. The van der Waals surface area contributed by atoms with Crippen LogP contribution in [0.15, 0.2) is 54.6 Å². The molecule has 25 heavy (non-hydrogen) atoms. The maximum atomic E-state index is 6.68. The number of ether oxygens (including phenoxy) is 1. The Morgan fingerprint density at radius 1 is 1.04 bits per heavy atom. The van der Waals surface area contributed by atoms with Gasteiger partial charge in [0.05, 0.1) is 11.7 Å². The zero-order chi connectivity index (χ0) is 17.1. The predicted molar refractivity (Wildman–Crippen MR) is 102 cm³/mol. The lowest BCUT2D eigenvalue weighted by atomic mass is 9.88. The van der Waals surface area contributed by atoms with Crippen LogP contribution >= 0.6 is 11.6 Å². The minimum atomic E-state index is -0.0673. The molecule has 1 atom stereocenters. The van der Waals surface area contributed by atoms with Crippen molar-refractivity contribution in [2.24, 2.45) is 0 Å². The highest BCUT2D eigenvalue weighted by atomic mass is 35.5. The number of nitrogens with zero attached hydrogens (tertiary/aromatic N) is 1. The van der Waals surface area contributed by atoms with Crippen molar-refractivity contribution in [3.63, 3.8) is 0 Å². The smallest absolute Gasteiger partial charge is 0.0974 e. The molecule has 2 fully saturated rings. The Morgan fingerprint density at radius 3 is 2.52 bits per heavy atom. The monoisotopic (exact) mass is 356 g/mol. The summed E-state index contributed by atoms with van der Waals surface area (Å²) in [6.07, 6.45) is 2.14. The Kier molecular flexibility index (Phi) is 5.09. The first-order valence-electron chi connectivity index (χ1n) is 9.13. The molecule has 0 saturated carbocycles. The number of benzene rings is 2. The molecule has 4 heteroatoms. The summed E-state index contributed by atoms with van der Waals surface area (Å²) in [6, 6.07) is 18.8. The van der Waals surface area contributed by atoms with E-state index in [9.17, 15) is 0 Å². The van der Waals surface area contributed by atoms with Crippen LogP contribution in [0.2, 0.25) is 5.02 Å². The Hall–Kier alpha value is -1.39. The minimum absolute atomic E-state index is 0.0317. The van der Waals surface area contributed by atoms with Crippen molar-refractivity contribution in [3.8, 4) is 0 Å². The molecule has 0 bridgehead atoms. The first-order valence-corrected chi connectivity index (χ1v) is 9.51. The first kappa shape index (κ1) is 17.0. The van der Waals surface area contributed by atoms with E-state index >= 15 is 0 Å². The average molecular weight is 357 g/mol. The van der Waals surface area contributed by atoms with Gasteiger partial charge in [-0.2, -0.15) is 0 Å². The number of piperidine rings is 1. The second-order valence-electron chi connectivity index (χ2n) is 7.22. The van der Waals surface area contributed by atoms with Crippen molar-refractivity contribution in [1.29, 1.82) is 0 Å². The quantitative estimate of drug-likeness (QED) is 0.898. The second kappa shape index (κ2) is 7.46. The van der Waals surface area contributed by atoms with E-state index in [1.54, 1.807) is 0 Å². The normalized spacial score (nSPS) is 23.6. The molecule has 2 aromatic rings. The van der Waals surface area contributed by atoms with E-state index in [-0.39, 0.29) is 11.7 Å². The summed E-state index contributed by atoms with van der Waals surface area (Å²) in [5, 5.41) is 4.27. The van der Waals surface area contributed by atoms with Gasteiger partial charge in [0.15, 0.2) is 0 Å². The van der Waals surface area contributed by atoms with Gasteiger partial charge in [-0.25, -0.2) is 0 Å². The number of hydrogen-bond acceptors (Lipinski definition) is 3. The lowest BCUT2D eigenvalue weighted by Crippen LogP contribution is -2.56. The highest BCUT2D eigenvalue weighted by molar-refractivity contribution is 6.31. The molecule has 2 heterocycles. The van der Waals surface area contributed by atoms with Crippen molar-refractivity contribution in [3.05, 3.63) is 70.7 Å². The van der Waals surface area contributed by atoms with Crippen LogP contribution in [0.3, 0.4) is 0 Å². The number of halogens is 1. The van der Waals surface area contributed by atoms with Crippen molar-refractivity contribution in [1.82, 2.24) is 10.2 Å². The molecule has 1 unspecified atom stereocenters. The molecule has 2 aliphatic heterocycles. The molecule has 0 amide bonds. The summed E-state index contributed by atoms with van der Waals surface area (Å²) in [6.45, 7) is 4.88. The Balaban J connectivity index is 1.60. The average Bonchev–Trinajstić information content (AvgIpc) is 2.63. The molecule has 0 aromatic heterocycles. The van der Waals surface area contributed by atoms with Gasteiger partial charge in [-0.1, -0.05) is 60.1 Å². The van der Waals surface area contributed by atoms with Gasteiger partial charge in [-0.3, -0.25) is 4.90 Å². The number of nitrogens with one attached hydrogen (secondary N) is 1. The third kappa shape index (κ3) is 3.90. The summed E-state index contributed by atoms with van der Waals surface area (Å²) in [5.41, 5.74) is 2.40. The zero-order valence-electron chi connectivity index (χ0n) is 14.5. The molecular formula is C21H25ClN2O. The van der Waals surface area contributed by atoms with Crippen LogP contribution in [-0.4, -0.2) is 36.7 Å². The van der Waals surface area contributed by atoms with Gasteiger partial charge < -0.3 is 10.1 Å². The third-order valence-electron chi connectivity index (χ3n) is 5.34. The maximum absolute atomic E-state index is 6.68. The lowest BCUT2D eigenvalue weighted by Gasteiger charge is -2.48. The molecule has 3 nitrogen and oxygen atoms in total. The van der Waals surface area contributed by atoms with Gasteiger partial charge in [0.1, 0.15) is 0 Å². The van der Waals surface area contributed by atoms with Crippen molar-refractivity contribution in [2.75, 3.05) is 26.2 Å². The molecule has 132 valence electrons. The van der Waals surface area contributed by atoms with E-state index in [4.69, 9.17) is 16.3 Å². The van der Waals surface area contributed by atoms with Crippen LogP contribution < -0.4 is 5.32 Å². The Morgan fingerprint density at radius 2 is 1.76 bits per heavy atom. The van der Waals surface area contributed by atoms with Crippen molar-refractivity contribution >= 4 is 11.6 Å². The number of rotatable bonds is 3. The van der Waals surface area contributed by atoms with E-state index in [1.807, 2.05) is 12.1 Å². The van der Waals surface area contributed by atoms with Gasteiger partial charge in [-0.15, -0.1) is 0 Å². The zero-order valence-corrected chi connectivity index (χ0v) is 15.2. The van der Waals surface area contributed by atoms with Crippen LogP contribution in [0.25, 0.3) is 0 Å². The van der Waals surface area contributed by atoms with E-state index in [0.717, 1.165) is 56.2 Å². The fourth-order valence-electron chi connectivity index (χ4n) is 4.10. The minimum Gasteiger partial charge on any atom is -0.364 e. The standard InChI is InChI=1S/C21H25ClN2O/c22-19-9-5-4-8-18(19)20-15-24(14-17-6-2-1-3-7-17)16-21(25-20)10-12-23-13-11-21/h1-9,20,23H,10-16H2. The van der Waals surface area contributed by atoms with Crippen LogP contribution in [0, 0.1) is 0 Å². The van der Waals surface area contributed by atoms with Gasteiger partial charge in [0.25, 0.3) is 0 Å².